The van der Waals surface area contributed by atoms with Gasteiger partial charge in [0.2, 0.25) is 0 Å². The number of carbonyl (C=O) groups is 2. The van der Waals surface area contributed by atoms with Gasteiger partial charge in [0.05, 0.1) is 17.2 Å². The highest BCUT2D eigenvalue weighted by molar-refractivity contribution is 6.34. The van der Waals surface area contributed by atoms with E-state index in [1.165, 1.54) is 12.1 Å². The Kier molecular flexibility index (Phi) is 5.61. The van der Waals surface area contributed by atoms with Crippen LogP contribution >= 0.6 is 23.2 Å². The van der Waals surface area contributed by atoms with Gasteiger partial charge in [-0.15, -0.1) is 0 Å². The van der Waals surface area contributed by atoms with Crippen molar-refractivity contribution in [1.29, 1.82) is 0 Å². The number of aromatic nitrogens is 1. The fraction of sp³-hybridized carbons (Fsp3) is 0.500. The highest BCUT2D eigenvalue weighted by atomic mass is 35.5. The first-order valence-corrected chi connectivity index (χ1v) is 7.55. The summed E-state index contributed by atoms with van der Waals surface area (Å²) in [5.74, 6) is -1.07. The van der Waals surface area contributed by atoms with E-state index in [-0.39, 0.29) is 40.6 Å². The minimum Gasteiger partial charge on any atom is -0.451 e. The lowest BCUT2D eigenvalue weighted by Crippen LogP contribution is -2.49. The first-order valence-electron chi connectivity index (χ1n) is 6.79. The molecular formula is C14H16Cl2N2O4. The number of esters is 1. The van der Waals surface area contributed by atoms with Crippen LogP contribution in [0.15, 0.2) is 12.1 Å². The second-order valence-electron chi connectivity index (χ2n) is 5.10. The summed E-state index contributed by atoms with van der Waals surface area (Å²) >= 11 is 11.6. The molecule has 2 rings (SSSR count). The summed E-state index contributed by atoms with van der Waals surface area (Å²) in [6.45, 7) is 4.34. The van der Waals surface area contributed by atoms with E-state index >= 15 is 0 Å². The molecule has 1 saturated heterocycles. The van der Waals surface area contributed by atoms with Crippen molar-refractivity contribution in [2.24, 2.45) is 0 Å². The molecular weight excluding hydrogens is 331 g/mol. The van der Waals surface area contributed by atoms with Crippen LogP contribution in [0.5, 0.6) is 0 Å². The highest BCUT2D eigenvalue weighted by Crippen LogP contribution is 2.18. The maximum absolute atomic E-state index is 12.1. The zero-order valence-corrected chi connectivity index (χ0v) is 13.7. The molecule has 1 amide bonds. The van der Waals surface area contributed by atoms with Crippen LogP contribution in [-0.2, 0) is 14.3 Å². The van der Waals surface area contributed by atoms with Gasteiger partial charge in [-0.2, -0.15) is 0 Å². The monoisotopic (exact) mass is 346 g/mol. The Hall–Kier alpha value is -1.37. The normalized spacial score (nSPS) is 21.5. The van der Waals surface area contributed by atoms with E-state index in [1.807, 2.05) is 13.8 Å². The molecule has 0 bridgehead atoms. The number of hydrogen-bond acceptors (Lipinski definition) is 5. The summed E-state index contributed by atoms with van der Waals surface area (Å²) in [6, 6.07) is 2.91. The Morgan fingerprint density at radius 3 is 2.59 bits per heavy atom. The minimum atomic E-state index is -0.782. The van der Waals surface area contributed by atoms with Gasteiger partial charge in [0, 0.05) is 13.1 Å². The molecule has 1 aliphatic rings. The number of ether oxygens (including phenoxy) is 2. The molecule has 1 aromatic rings. The molecule has 1 fully saturated rings. The molecule has 2 atom stereocenters. The number of pyridine rings is 1. The molecule has 0 saturated carbocycles. The molecule has 22 heavy (non-hydrogen) atoms. The van der Waals surface area contributed by atoms with Gasteiger partial charge in [-0.3, -0.25) is 4.79 Å². The van der Waals surface area contributed by atoms with Gasteiger partial charge in [0.1, 0.15) is 5.15 Å². The second-order valence-corrected chi connectivity index (χ2v) is 5.89. The molecule has 2 heterocycles. The van der Waals surface area contributed by atoms with E-state index in [9.17, 15) is 9.59 Å². The molecule has 1 aromatic heterocycles. The summed E-state index contributed by atoms with van der Waals surface area (Å²) in [5.41, 5.74) is -0.106. The maximum Gasteiger partial charge on any atom is 0.359 e. The summed E-state index contributed by atoms with van der Waals surface area (Å²) in [4.78, 5) is 29.4. The SMILES string of the molecule is C[C@@H]1CN(C(=O)COC(=O)c2nc(Cl)ccc2Cl)C[C@H](C)O1. The summed E-state index contributed by atoms with van der Waals surface area (Å²) in [5, 5.41) is 0.244. The fourth-order valence-electron chi connectivity index (χ4n) is 2.23. The van der Waals surface area contributed by atoms with Crippen molar-refractivity contribution in [1.82, 2.24) is 9.88 Å². The molecule has 0 N–H and O–H groups in total. The third-order valence-corrected chi connectivity index (χ3v) is 3.62. The molecule has 120 valence electrons. The van der Waals surface area contributed by atoms with Gasteiger partial charge in [0.15, 0.2) is 12.3 Å². The fourth-order valence-corrected chi connectivity index (χ4v) is 2.56. The van der Waals surface area contributed by atoms with E-state index in [1.54, 1.807) is 4.90 Å². The Labute approximate surface area is 138 Å². The largest absolute Gasteiger partial charge is 0.451 e. The van der Waals surface area contributed by atoms with Gasteiger partial charge in [-0.05, 0) is 26.0 Å². The average Bonchev–Trinajstić information content (AvgIpc) is 2.45. The smallest absolute Gasteiger partial charge is 0.359 e. The van der Waals surface area contributed by atoms with Gasteiger partial charge >= 0.3 is 5.97 Å². The van der Waals surface area contributed by atoms with Crippen molar-refractivity contribution in [3.63, 3.8) is 0 Å². The Bertz CT molecular complexity index is 572. The topological polar surface area (TPSA) is 68.7 Å². The van der Waals surface area contributed by atoms with Crippen molar-refractivity contribution in [3.05, 3.63) is 28.0 Å². The number of halogens is 2. The van der Waals surface area contributed by atoms with Gasteiger partial charge in [0.25, 0.3) is 5.91 Å². The molecule has 6 nitrogen and oxygen atoms in total. The standard InChI is InChI=1S/C14H16Cl2N2O4/c1-8-5-18(6-9(2)22-8)12(19)7-21-14(20)13-10(15)3-4-11(16)17-13/h3-4,8-9H,5-7H2,1-2H3/t8-,9+. The Morgan fingerprint density at radius 1 is 1.32 bits per heavy atom. The van der Waals surface area contributed by atoms with E-state index in [4.69, 9.17) is 32.7 Å². The van der Waals surface area contributed by atoms with E-state index in [0.717, 1.165) is 0 Å². The number of nitrogens with zero attached hydrogens (tertiary/aromatic N) is 2. The summed E-state index contributed by atoms with van der Waals surface area (Å²) in [7, 11) is 0. The molecule has 1 aliphatic heterocycles. The maximum atomic E-state index is 12.1. The van der Waals surface area contributed by atoms with Crippen LogP contribution in [0.3, 0.4) is 0 Å². The lowest BCUT2D eigenvalue weighted by molar-refractivity contribution is -0.146. The summed E-state index contributed by atoms with van der Waals surface area (Å²) in [6.07, 6.45) is -0.0973. The van der Waals surface area contributed by atoms with Crippen molar-refractivity contribution < 1.29 is 19.1 Å². The Balaban J connectivity index is 1.93. The molecule has 0 spiro atoms. The lowest BCUT2D eigenvalue weighted by Gasteiger charge is -2.35. The van der Waals surface area contributed by atoms with E-state index < -0.39 is 5.97 Å². The Morgan fingerprint density at radius 2 is 1.95 bits per heavy atom. The van der Waals surface area contributed by atoms with Crippen molar-refractivity contribution in [2.45, 2.75) is 26.1 Å². The zero-order valence-electron chi connectivity index (χ0n) is 12.2. The van der Waals surface area contributed by atoms with Crippen LogP contribution in [0.1, 0.15) is 24.3 Å². The van der Waals surface area contributed by atoms with Crippen LogP contribution in [0.2, 0.25) is 10.2 Å². The minimum absolute atomic E-state index is 0.0487. The number of amides is 1. The molecule has 0 aliphatic carbocycles. The molecule has 0 radical (unpaired) electrons. The highest BCUT2D eigenvalue weighted by Gasteiger charge is 2.26. The van der Waals surface area contributed by atoms with E-state index in [0.29, 0.717) is 13.1 Å². The van der Waals surface area contributed by atoms with Gasteiger partial charge < -0.3 is 14.4 Å². The predicted molar refractivity (Wildman–Crippen MR) is 81.1 cm³/mol. The van der Waals surface area contributed by atoms with Crippen molar-refractivity contribution in [3.8, 4) is 0 Å². The van der Waals surface area contributed by atoms with Crippen LogP contribution in [-0.4, -0.2) is 53.7 Å². The predicted octanol–water partition coefficient (Wildman–Crippen LogP) is 2.18. The quantitative estimate of drug-likeness (QED) is 0.619. The van der Waals surface area contributed by atoms with Gasteiger partial charge in [-0.1, -0.05) is 23.2 Å². The van der Waals surface area contributed by atoms with Crippen LogP contribution < -0.4 is 0 Å². The van der Waals surface area contributed by atoms with Crippen molar-refractivity contribution >= 4 is 35.1 Å². The number of rotatable bonds is 3. The molecule has 0 unspecified atom stereocenters. The second kappa shape index (κ2) is 7.26. The van der Waals surface area contributed by atoms with E-state index in [2.05, 4.69) is 4.98 Å². The van der Waals surface area contributed by atoms with Crippen LogP contribution in [0.25, 0.3) is 0 Å². The summed E-state index contributed by atoms with van der Waals surface area (Å²) < 4.78 is 10.5. The third kappa shape index (κ3) is 4.32. The van der Waals surface area contributed by atoms with Gasteiger partial charge in [-0.25, -0.2) is 9.78 Å². The first-order chi connectivity index (χ1) is 10.4. The van der Waals surface area contributed by atoms with Crippen LogP contribution in [0.4, 0.5) is 0 Å². The third-order valence-electron chi connectivity index (χ3n) is 3.10. The lowest BCUT2D eigenvalue weighted by atomic mass is 10.2. The number of hydrogen-bond donors (Lipinski definition) is 0. The average molecular weight is 347 g/mol. The van der Waals surface area contributed by atoms with Crippen molar-refractivity contribution in [2.75, 3.05) is 19.7 Å². The zero-order chi connectivity index (χ0) is 16.3. The number of morpholine rings is 1. The van der Waals surface area contributed by atoms with Crippen LogP contribution in [0, 0.1) is 0 Å². The number of carbonyl (C=O) groups excluding carboxylic acids is 2. The first kappa shape index (κ1) is 17.0. The molecule has 8 heteroatoms. The molecule has 0 aromatic carbocycles.